The fourth-order valence-electron chi connectivity index (χ4n) is 3.54. The minimum absolute atomic E-state index is 0.167. The van der Waals surface area contributed by atoms with Crippen LogP contribution in [0.5, 0.6) is 0 Å². The minimum Gasteiger partial charge on any atom is -0.391 e. The summed E-state index contributed by atoms with van der Waals surface area (Å²) in [4.78, 5) is 2.41. The van der Waals surface area contributed by atoms with Gasteiger partial charge in [0.15, 0.2) is 0 Å². The Kier molecular flexibility index (Phi) is 5.62. The van der Waals surface area contributed by atoms with Crippen molar-refractivity contribution in [1.29, 1.82) is 0 Å². The number of hydrogen-bond acceptors (Lipinski definition) is 2. The molecule has 0 spiro atoms. The highest BCUT2D eigenvalue weighted by Crippen LogP contribution is 2.35. The van der Waals surface area contributed by atoms with Gasteiger partial charge in [-0.05, 0) is 51.1 Å². The molecule has 112 valence electrons. The van der Waals surface area contributed by atoms with Crippen LogP contribution in [0.15, 0.2) is 30.3 Å². The van der Waals surface area contributed by atoms with Crippen LogP contribution in [0.1, 0.15) is 57.4 Å². The molecule has 1 aromatic rings. The third-order valence-electron chi connectivity index (χ3n) is 4.98. The maximum absolute atomic E-state index is 10.4. The molecule has 0 heterocycles. The van der Waals surface area contributed by atoms with Gasteiger partial charge in [-0.1, -0.05) is 43.7 Å². The van der Waals surface area contributed by atoms with E-state index in [9.17, 15) is 5.11 Å². The Labute approximate surface area is 123 Å². The Morgan fingerprint density at radius 3 is 2.60 bits per heavy atom. The molecule has 4 unspecified atom stereocenters. The van der Waals surface area contributed by atoms with E-state index in [0.717, 1.165) is 19.3 Å². The molecule has 0 aromatic heterocycles. The summed E-state index contributed by atoms with van der Waals surface area (Å²) >= 11 is 0. The maximum Gasteiger partial charge on any atom is 0.0695 e. The quantitative estimate of drug-likeness (QED) is 0.883. The summed E-state index contributed by atoms with van der Waals surface area (Å²) in [6.45, 7) is 4.51. The van der Waals surface area contributed by atoms with Crippen LogP contribution in [-0.4, -0.2) is 35.2 Å². The third kappa shape index (κ3) is 3.62. The number of nitrogens with zero attached hydrogens (tertiary/aromatic N) is 1. The van der Waals surface area contributed by atoms with Crippen molar-refractivity contribution in [2.75, 3.05) is 7.05 Å². The van der Waals surface area contributed by atoms with Crippen molar-refractivity contribution in [3.05, 3.63) is 35.9 Å². The van der Waals surface area contributed by atoms with Gasteiger partial charge in [-0.15, -0.1) is 0 Å². The summed E-state index contributed by atoms with van der Waals surface area (Å²) in [6.07, 6.45) is 5.35. The van der Waals surface area contributed by atoms with Gasteiger partial charge in [-0.25, -0.2) is 0 Å². The van der Waals surface area contributed by atoms with Crippen molar-refractivity contribution in [1.82, 2.24) is 4.90 Å². The molecule has 4 atom stereocenters. The summed E-state index contributed by atoms with van der Waals surface area (Å²) in [7, 11) is 2.18. The lowest BCUT2D eigenvalue weighted by molar-refractivity contribution is 0.00824. The molecule has 2 rings (SSSR count). The van der Waals surface area contributed by atoms with Gasteiger partial charge in [0.25, 0.3) is 0 Å². The van der Waals surface area contributed by atoms with Gasteiger partial charge in [0, 0.05) is 12.1 Å². The molecule has 0 aliphatic heterocycles. The van der Waals surface area contributed by atoms with E-state index < -0.39 is 0 Å². The predicted molar refractivity (Wildman–Crippen MR) is 85.0 cm³/mol. The molecule has 0 amide bonds. The Morgan fingerprint density at radius 1 is 1.25 bits per heavy atom. The van der Waals surface area contributed by atoms with E-state index in [2.05, 4.69) is 56.1 Å². The second-order valence-corrected chi connectivity index (χ2v) is 6.36. The lowest BCUT2D eigenvalue weighted by atomic mass is 9.79. The zero-order chi connectivity index (χ0) is 14.5. The molecule has 20 heavy (non-hydrogen) atoms. The molecule has 2 heteroatoms. The smallest absolute Gasteiger partial charge is 0.0695 e. The van der Waals surface area contributed by atoms with Gasteiger partial charge in [0.2, 0.25) is 0 Å². The van der Waals surface area contributed by atoms with E-state index in [1.807, 2.05) is 0 Å². The first-order chi connectivity index (χ1) is 9.63. The van der Waals surface area contributed by atoms with E-state index in [-0.39, 0.29) is 6.10 Å². The fraction of sp³-hybridized carbons (Fsp3) is 0.667. The molecule has 2 nitrogen and oxygen atoms in total. The van der Waals surface area contributed by atoms with Gasteiger partial charge >= 0.3 is 0 Å². The SMILES string of the molecule is CCCC(C)N(C)C1CC(c2ccccc2)CCC1O. The van der Waals surface area contributed by atoms with Crippen molar-refractivity contribution in [3.8, 4) is 0 Å². The first kappa shape index (κ1) is 15.5. The molecule has 0 radical (unpaired) electrons. The van der Waals surface area contributed by atoms with E-state index in [0.29, 0.717) is 18.0 Å². The Hall–Kier alpha value is -0.860. The number of hydrogen-bond donors (Lipinski definition) is 1. The zero-order valence-electron chi connectivity index (χ0n) is 13.1. The molecule has 0 saturated heterocycles. The summed E-state index contributed by atoms with van der Waals surface area (Å²) in [6, 6.07) is 11.6. The summed E-state index contributed by atoms with van der Waals surface area (Å²) in [5.74, 6) is 0.598. The number of likely N-dealkylation sites (N-methyl/N-ethyl adjacent to an activating group) is 1. The number of rotatable bonds is 5. The van der Waals surface area contributed by atoms with Crippen LogP contribution in [0.3, 0.4) is 0 Å². The molecule has 0 bridgehead atoms. The van der Waals surface area contributed by atoms with Crippen LogP contribution in [0, 0.1) is 0 Å². The summed E-state index contributed by atoms with van der Waals surface area (Å²) < 4.78 is 0. The fourth-order valence-corrected chi connectivity index (χ4v) is 3.54. The highest BCUT2D eigenvalue weighted by molar-refractivity contribution is 5.20. The molecule has 1 aliphatic carbocycles. The van der Waals surface area contributed by atoms with E-state index >= 15 is 0 Å². The first-order valence-electron chi connectivity index (χ1n) is 8.08. The van der Waals surface area contributed by atoms with Crippen LogP contribution in [0.25, 0.3) is 0 Å². The normalized spacial score (nSPS) is 28.6. The largest absolute Gasteiger partial charge is 0.391 e. The predicted octanol–water partition coefficient (Wildman–Crippen LogP) is 3.80. The van der Waals surface area contributed by atoms with Gasteiger partial charge in [-0.3, -0.25) is 4.90 Å². The Morgan fingerprint density at radius 2 is 1.95 bits per heavy atom. The highest BCUT2D eigenvalue weighted by Gasteiger charge is 2.33. The topological polar surface area (TPSA) is 23.5 Å². The van der Waals surface area contributed by atoms with Gasteiger partial charge in [0.05, 0.1) is 6.10 Å². The average Bonchev–Trinajstić information content (AvgIpc) is 2.48. The van der Waals surface area contributed by atoms with Crippen LogP contribution < -0.4 is 0 Å². The molecular weight excluding hydrogens is 246 g/mol. The number of benzene rings is 1. The van der Waals surface area contributed by atoms with Crippen molar-refractivity contribution >= 4 is 0 Å². The van der Waals surface area contributed by atoms with Gasteiger partial charge in [0.1, 0.15) is 0 Å². The molecular formula is C18H29NO. The summed E-state index contributed by atoms with van der Waals surface area (Å²) in [5, 5.41) is 10.4. The maximum atomic E-state index is 10.4. The lowest BCUT2D eigenvalue weighted by Crippen LogP contribution is -2.48. The van der Waals surface area contributed by atoms with E-state index in [4.69, 9.17) is 0 Å². The lowest BCUT2D eigenvalue weighted by Gasteiger charge is -2.41. The standard InChI is InChI=1S/C18H29NO/c1-4-8-14(2)19(3)17-13-16(11-12-18(17)20)15-9-6-5-7-10-15/h5-7,9-10,14,16-18,20H,4,8,11-13H2,1-3H3. The average molecular weight is 275 g/mol. The minimum atomic E-state index is -0.167. The monoisotopic (exact) mass is 275 g/mol. The van der Waals surface area contributed by atoms with Crippen molar-refractivity contribution in [2.45, 2.75) is 70.1 Å². The van der Waals surface area contributed by atoms with Crippen molar-refractivity contribution < 1.29 is 5.11 Å². The van der Waals surface area contributed by atoms with Crippen molar-refractivity contribution in [3.63, 3.8) is 0 Å². The van der Waals surface area contributed by atoms with Crippen LogP contribution in [0.4, 0.5) is 0 Å². The highest BCUT2D eigenvalue weighted by atomic mass is 16.3. The summed E-state index contributed by atoms with van der Waals surface area (Å²) in [5.41, 5.74) is 1.43. The van der Waals surface area contributed by atoms with Gasteiger partial charge < -0.3 is 5.11 Å². The number of aliphatic hydroxyl groups is 1. The molecule has 1 aliphatic rings. The molecule has 1 N–H and O–H groups in total. The van der Waals surface area contributed by atoms with E-state index in [1.54, 1.807) is 0 Å². The van der Waals surface area contributed by atoms with E-state index in [1.165, 1.54) is 18.4 Å². The third-order valence-corrected chi connectivity index (χ3v) is 4.98. The van der Waals surface area contributed by atoms with Crippen LogP contribution in [0.2, 0.25) is 0 Å². The first-order valence-corrected chi connectivity index (χ1v) is 8.08. The van der Waals surface area contributed by atoms with Gasteiger partial charge in [-0.2, -0.15) is 0 Å². The van der Waals surface area contributed by atoms with Crippen LogP contribution >= 0.6 is 0 Å². The molecule has 1 fully saturated rings. The molecule has 1 aromatic carbocycles. The Balaban J connectivity index is 2.05. The van der Waals surface area contributed by atoms with Crippen LogP contribution in [-0.2, 0) is 0 Å². The Bertz CT molecular complexity index is 392. The second kappa shape index (κ2) is 7.24. The molecule has 1 saturated carbocycles. The zero-order valence-corrected chi connectivity index (χ0v) is 13.1. The second-order valence-electron chi connectivity index (χ2n) is 6.36. The van der Waals surface area contributed by atoms with Crippen molar-refractivity contribution in [2.24, 2.45) is 0 Å². The number of aliphatic hydroxyl groups excluding tert-OH is 1.